The van der Waals surface area contributed by atoms with Crippen LogP contribution >= 0.6 is 0 Å². The summed E-state index contributed by atoms with van der Waals surface area (Å²) in [5.74, 6) is 0.358. The molecule has 124 valence electrons. The van der Waals surface area contributed by atoms with E-state index in [9.17, 15) is 13.2 Å². The van der Waals surface area contributed by atoms with Crippen molar-refractivity contribution < 1.29 is 17.9 Å². The molecule has 0 atom stereocenters. The molecule has 0 aliphatic rings. The fourth-order valence-electron chi connectivity index (χ4n) is 1.55. The molecular formula is C14H23N3O4S. The van der Waals surface area contributed by atoms with Gasteiger partial charge in [-0.2, -0.15) is 0 Å². The lowest BCUT2D eigenvalue weighted by Gasteiger charge is -2.10. The fraction of sp³-hybridized carbons (Fsp3) is 0.500. The molecule has 0 saturated carbocycles. The van der Waals surface area contributed by atoms with Crippen LogP contribution in [0.5, 0.6) is 0 Å². The summed E-state index contributed by atoms with van der Waals surface area (Å²) >= 11 is 0. The number of rotatable bonds is 8. The van der Waals surface area contributed by atoms with Crippen molar-refractivity contribution in [2.75, 3.05) is 32.1 Å². The summed E-state index contributed by atoms with van der Waals surface area (Å²) in [6, 6.07) is 5.64. The monoisotopic (exact) mass is 329 g/mol. The molecule has 0 spiro atoms. The van der Waals surface area contributed by atoms with Gasteiger partial charge in [0.05, 0.1) is 11.5 Å². The lowest BCUT2D eigenvalue weighted by atomic mass is 10.2. The highest BCUT2D eigenvalue weighted by atomic mass is 32.2. The highest BCUT2D eigenvalue weighted by Crippen LogP contribution is 2.13. The van der Waals surface area contributed by atoms with E-state index in [4.69, 9.17) is 4.74 Å². The molecule has 2 amide bonds. The molecule has 8 heteroatoms. The van der Waals surface area contributed by atoms with Crippen LogP contribution in [0.1, 0.15) is 13.8 Å². The summed E-state index contributed by atoms with van der Waals surface area (Å²) in [6.45, 7) is 5.07. The molecule has 0 aliphatic heterocycles. The van der Waals surface area contributed by atoms with E-state index in [1.54, 1.807) is 12.1 Å². The predicted octanol–water partition coefficient (Wildman–Crippen LogP) is 1.39. The van der Waals surface area contributed by atoms with Gasteiger partial charge in [-0.25, -0.2) is 17.9 Å². The van der Waals surface area contributed by atoms with Crippen molar-refractivity contribution in [3.8, 4) is 0 Å². The van der Waals surface area contributed by atoms with Crippen LogP contribution in [0, 0.1) is 5.92 Å². The van der Waals surface area contributed by atoms with E-state index in [-0.39, 0.29) is 17.5 Å². The minimum atomic E-state index is -3.56. The second kappa shape index (κ2) is 8.72. The standard InChI is InChI=1S/C14H23N3O4S/c1-11(2)10-15-14(18)17-12-4-6-13(7-5-12)22(19,20)16-8-9-21-3/h4-7,11,16H,8-10H2,1-3H3,(H2,15,17,18). The van der Waals surface area contributed by atoms with E-state index < -0.39 is 10.0 Å². The first-order valence-electron chi connectivity index (χ1n) is 6.98. The van der Waals surface area contributed by atoms with Crippen molar-refractivity contribution in [2.45, 2.75) is 18.7 Å². The lowest BCUT2D eigenvalue weighted by Crippen LogP contribution is -2.31. The Kier molecular flexibility index (Phi) is 7.30. The van der Waals surface area contributed by atoms with Crippen LogP contribution in [0.4, 0.5) is 10.5 Å². The maximum absolute atomic E-state index is 12.0. The Labute approximate surface area is 131 Å². The highest BCUT2D eigenvalue weighted by Gasteiger charge is 2.13. The first-order valence-corrected chi connectivity index (χ1v) is 8.47. The van der Waals surface area contributed by atoms with Crippen LogP contribution in [-0.4, -0.2) is 41.3 Å². The minimum Gasteiger partial charge on any atom is -0.383 e. The Balaban J connectivity index is 2.60. The first-order chi connectivity index (χ1) is 10.3. The van der Waals surface area contributed by atoms with Crippen LogP contribution in [-0.2, 0) is 14.8 Å². The molecule has 0 unspecified atom stereocenters. The van der Waals surface area contributed by atoms with Gasteiger partial charge in [0.2, 0.25) is 10.0 Å². The second-order valence-corrected chi connectivity index (χ2v) is 6.91. The molecular weight excluding hydrogens is 306 g/mol. The third-order valence-corrected chi connectivity index (χ3v) is 4.17. The van der Waals surface area contributed by atoms with Crippen molar-refractivity contribution in [3.63, 3.8) is 0 Å². The number of carbonyl (C=O) groups is 1. The molecule has 1 rings (SSSR count). The normalized spacial score (nSPS) is 11.5. The molecule has 1 aromatic carbocycles. The average Bonchev–Trinajstić information content (AvgIpc) is 2.46. The maximum atomic E-state index is 12.0. The van der Waals surface area contributed by atoms with Gasteiger partial charge in [-0.05, 0) is 30.2 Å². The van der Waals surface area contributed by atoms with Gasteiger partial charge in [0.1, 0.15) is 0 Å². The van der Waals surface area contributed by atoms with Crippen LogP contribution in [0.3, 0.4) is 0 Å². The maximum Gasteiger partial charge on any atom is 0.319 e. The van der Waals surface area contributed by atoms with E-state index in [2.05, 4.69) is 15.4 Å². The first kappa shape index (κ1) is 18.4. The van der Waals surface area contributed by atoms with Gasteiger partial charge in [-0.3, -0.25) is 0 Å². The van der Waals surface area contributed by atoms with E-state index >= 15 is 0 Å². The van der Waals surface area contributed by atoms with E-state index in [0.29, 0.717) is 24.8 Å². The number of hydrogen-bond donors (Lipinski definition) is 3. The number of hydrogen-bond acceptors (Lipinski definition) is 4. The summed E-state index contributed by atoms with van der Waals surface area (Å²) in [4.78, 5) is 11.7. The summed E-state index contributed by atoms with van der Waals surface area (Å²) in [7, 11) is -2.06. The molecule has 7 nitrogen and oxygen atoms in total. The number of sulfonamides is 1. The Morgan fingerprint density at radius 2 is 1.86 bits per heavy atom. The van der Waals surface area contributed by atoms with Crippen molar-refractivity contribution in [3.05, 3.63) is 24.3 Å². The van der Waals surface area contributed by atoms with Crippen molar-refractivity contribution >= 4 is 21.7 Å². The summed E-state index contributed by atoms with van der Waals surface area (Å²) < 4.78 is 31.1. The summed E-state index contributed by atoms with van der Waals surface area (Å²) in [5.41, 5.74) is 0.525. The fourth-order valence-corrected chi connectivity index (χ4v) is 2.56. The zero-order chi connectivity index (χ0) is 16.6. The smallest absolute Gasteiger partial charge is 0.319 e. The Hall–Kier alpha value is -1.64. The van der Waals surface area contributed by atoms with Crippen molar-refractivity contribution in [1.82, 2.24) is 10.0 Å². The van der Waals surface area contributed by atoms with Gasteiger partial charge < -0.3 is 15.4 Å². The largest absolute Gasteiger partial charge is 0.383 e. The Bertz CT molecular complexity index is 570. The number of anilines is 1. The average molecular weight is 329 g/mol. The molecule has 22 heavy (non-hydrogen) atoms. The van der Waals surface area contributed by atoms with Crippen molar-refractivity contribution in [2.24, 2.45) is 5.92 Å². The van der Waals surface area contributed by atoms with E-state index in [1.165, 1.54) is 19.2 Å². The predicted molar refractivity (Wildman–Crippen MR) is 85.4 cm³/mol. The lowest BCUT2D eigenvalue weighted by molar-refractivity contribution is 0.204. The van der Waals surface area contributed by atoms with Gasteiger partial charge in [0, 0.05) is 25.9 Å². The second-order valence-electron chi connectivity index (χ2n) is 5.14. The SMILES string of the molecule is COCCNS(=O)(=O)c1ccc(NC(=O)NCC(C)C)cc1. The zero-order valence-corrected chi connectivity index (χ0v) is 13.9. The number of benzene rings is 1. The van der Waals surface area contributed by atoms with Crippen LogP contribution < -0.4 is 15.4 Å². The molecule has 0 heterocycles. The Morgan fingerprint density at radius 1 is 1.23 bits per heavy atom. The van der Waals surface area contributed by atoms with Crippen LogP contribution in [0.2, 0.25) is 0 Å². The van der Waals surface area contributed by atoms with Gasteiger partial charge >= 0.3 is 6.03 Å². The number of amides is 2. The number of carbonyl (C=O) groups excluding carboxylic acids is 1. The number of methoxy groups -OCH3 is 1. The molecule has 0 radical (unpaired) electrons. The minimum absolute atomic E-state index is 0.136. The number of urea groups is 1. The number of nitrogens with one attached hydrogen (secondary N) is 3. The Morgan fingerprint density at radius 3 is 2.41 bits per heavy atom. The molecule has 0 bridgehead atoms. The molecule has 0 aliphatic carbocycles. The third-order valence-electron chi connectivity index (χ3n) is 2.69. The topological polar surface area (TPSA) is 96.5 Å². The van der Waals surface area contributed by atoms with Gasteiger partial charge in [0.15, 0.2) is 0 Å². The van der Waals surface area contributed by atoms with Gasteiger partial charge in [-0.15, -0.1) is 0 Å². The zero-order valence-electron chi connectivity index (χ0n) is 13.0. The molecule has 0 aromatic heterocycles. The van der Waals surface area contributed by atoms with Crippen LogP contribution in [0.15, 0.2) is 29.2 Å². The van der Waals surface area contributed by atoms with Crippen LogP contribution in [0.25, 0.3) is 0 Å². The molecule has 0 fully saturated rings. The quantitative estimate of drug-likeness (QED) is 0.628. The highest BCUT2D eigenvalue weighted by molar-refractivity contribution is 7.89. The summed E-state index contributed by atoms with van der Waals surface area (Å²) in [5, 5.41) is 5.36. The van der Waals surface area contributed by atoms with E-state index in [1.807, 2.05) is 13.8 Å². The molecule has 0 saturated heterocycles. The number of ether oxygens (including phenoxy) is 1. The molecule has 3 N–H and O–H groups in total. The third kappa shape index (κ3) is 6.42. The van der Waals surface area contributed by atoms with Gasteiger partial charge in [0.25, 0.3) is 0 Å². The summed E-state index contributed by atoms with van der Waals surface area (Å²) in [6.07, 6.45) is 0. The molecule has 1 aromatic rings. The van der Waals surface area contributed by atoms with Crippen molar-refractivity contribution in [1.29, 1.82) is 0 Å². The van der Waals surface area contributed by atoms with E-state index in [0.717, 1.165) is 0 Å². The van der Waals surface area contributed by atoms with Gasteiger partial charge in [-0.1, -0.05) is 13.8 Å².